The van der Waals surface area contributed by atoms with Crippen LogP contribution >= 0.6 is 0 Å². The predicted molar refractivity (Wildman–Crippen MR) is 63.3 cm³/mol. The molecule has 0 saturated heterocycles. The molecule has 0 radical (unpaired) electrons. The molecule has 2 nitrogen and oxygen atoms in total. The molecule has 16 heavy (non-hydrogen) atoms. The Labute approximate surface area is 94.9 Å². The van der Waals surface area contributed by atoms with Crippen LogP contribution in [0.15, 0.2) is 53.6 Å². The van der Waals surface area contributed by atoms with Crippen molar-refractivity contribution in [3.8, 4) is 0 Å². The van der Waals surface area contributed by atoms with Gasteiger partial charge in [-0.3, -0.25) is 0 Å². The zero-order valence-corrected chi connectivity index (χ0v) is 9.18. The molecular weight excluding hydrogens is 200 g/mol. The lowest BCUT2D eigenvalue weighted by atomic mass is 9.82. The van der Waals surface area contributed by atoms with E-state index < -0.39 is 5.97 Å². The Morgan fingerprint density at radius 1 is 1.25 bits per heavy atom. The first kappa shape index (κ1) is 10.7. The van der Waals surface area contributed by atoms with Gasteiger partial charge in [0.15, 0.2) is 0 Å². The van der Waals surface area contributed by atoms with Gasteiger partial charge in [0.05, 0.1) is 0 Å². The first-order chi connectivity index (χ1) is 7.68. The van der Waals surface area contributed by atoms with E-state index in [-0.39, 0.29) is 5.92 Å². The molecule has 1 aromatic carbocycles. The Hall–Kier alpha value is -1.83. The van der Waals surface area contributed by atoms with Crippen molar-refractivity contribution in [3.05, 3.63) is 59.2 Å². The van der Waals surface area contributed by atoms with Gasteiger partial charge in [0.1, 0.15) is 0 Å². The zero-order valence-electron chi connectivity index (χ0n) is 9.18. The molecule has 0 heterocycles. The maximum absolute atomic E-state index is 11.1. The number of carboxylic acids is 1. The number of carbonyl (C=O) groups is 1. The van der Waals surface area contributed by atoms with Crippen molar-refractivity contribution in [2.45, 2.75) is 19.3 Å². The summed E-state index contributed by atoms with van der Waals surface area (Å²) in [6.07, 6.45) is 4.41. The van der Waals surface area contributed by atoms with Crippen LogP contribution in [-0.2, 0) is 4.79 Å². The van der Waals surface area contributed by atoms with Gasteiger partial charge in [-0.15, -0.1) is 0 Å². The van der Waals surface area contributed by atoms with Crippen LogP contribution < -0.4 is 0 Å². The number of carboxylic acid groups (broad SMARTS) is 1. The molecule has 1 N–H and O–H groups in total. The Bertz CT molecular complexity index is 455. The van der Waals surface area contributed by atoms with E-state index >= 15 is 0 Å². The summed E-state index contributed by atoms with van der Waals surface area (Å²) < 4.78 is 0. The first-order valence-corrected chi connectivity index (χ1v) is 5.34. The van der Waals surface area contributed by atoms with E-state index in [1.807, 2.05) is 43.3 Å². The van der Waals surface area contributed by atoms with Crippen molar-refractivity contribution in [1.29, 1.82) is 0 Å². The van der Waals surface area contributed by atoms with Crippen LogP contribution in [0, 0.1) is 0 Å². The summed E-state index contributed by atoms with van der Waals surface area (Å²) >= 11 is 0. The molecule has 0 fully saturated rings. The van der Waals surface area contributed by atoms with Gasteiger partial charge in [-0.2, -0.15) is 0 Å². The standard InChI is InChI=1S/C14H14O2/c1-10-7-8-12(14(15)16)13(9-10)11-5-3-2-4-6-11/h2-8,13H,9H2,1H3,(H,15,16)/t13-/m1/s1. The molecule has 0 spiro atoms. The molecule has 0 saturated carbocycles. The Morgan fingerprint density at radius 3 is 2.56 bits per heavy atom. The number of benzene rings is 1. The van der Waals surface area contributed by atoms with E-state index in [4.69, 9.17) is 5.11 Å². The maximum Gasteiger partial charge on any atom is 0.332 e. The zero-order chi connectivity index (χ0) is 11.5. The topological polar surface area (TPSA) is 37.3 Å². The van der Waals surface area contributed by atoms with Crippen molar-refractivity contribution in [3.63, 3.8) is 0 Å². The van der Waals surface area contributed by atoms with E-state index in [0.717, 1.165) is 12.0 Å². The highest BCUT2D eigenvalue weighted by Crippen LogP contribution is 2.33. The average molecular weight is 214 g/mol. The smallest absolute Gasteiger partial charge is 0.332 e. The molecular formula is C14H14O2. The summed E-state index contributed by atoms with van der Waals surface area (Å²) in [5, 5.41) is 9.16. The van der Waals surface area contributed by atoms with Crippen LogP contribution in [0.4, 0.5) is 0 Å². The lowest BCUT2D eigenvalue weighted by Crippen LogP contribution is -2.14. The van der Waals surface area contributed by atoms with Gasteiger partial charge in [0.2, 0.25) is 0 Å². The summed E-state index contributed by atoms with van der Waals surface area (Å²) in [5.74, 6) is -0.832. The Kier molecular flexibility index (Phi) is 2.91. The van der Waals surface area contributed by atoms with E-state index in [2.05, 4.69) is 0 Å². The molecule has 0 bridgehead atoms. The normalized spacial score (nSPS) is 19.9. The molecule has 0 unspecified atom stereocenters. The molecule has 1 aliphatic rings. The van der Waals surface area contributed by atoms with Crippen molar-refractivity contribution in [2.75, 3.05) is 0 Å². The molecule has 0 amide bonds. The van der Waals surface area contributed by atoms with Crippen LogP contribution in [0.25, 0.3) is 0 Å². The van der Waals surface area contributed by atoms with Gasteiger partial charge in [-0.25, -0.2) is 4.79 Å². The molecule has 2 heteroatoms. The highest BCUT2D eigenvalue weighted by atomic mass is 16.4. The van der Waals surface area contributed by atoms with E-state index in [1.54, 1.807) is 6.08 Å². The fourth-order valence-corrected chi connectivity index (χ4v) is 2.05. The van der Waals surface area contributed by atoms with Crippen LogP contribution in [0.3, 0.4) is 0 Å². The summed E-state index contributed by atoms with van der Waals surface area (Å²) in [6.45, 7) is 2.03. The molecule has 1 atom stereocenters. The monoisotopic (exact) mass is 214 g/mol. The second-order valence-electron chi connectivity index (χ2n) is 4.11. The first-order valence-electron chi connectivity index (χ1n) is 5.34. The van der Waals surface area contributed by atoms with Crippen LogP contribution in [-0.4, -0.2) is 11.1 Å². The Balaban J connectivity index is 2.38. The SMILES string of the molecule is CC1=CC=C(C(=O)O)[C@@H](c2ccccc2)C1. The predicted octanol–water partition coefficient (Wildman–Crippen LogP) is 3.13. The number of hydrogen-bond acceptors (Lipinski definition) is 1. The lowest BCUT2D eigenvalue weighted by Gasteiger charge is -2.21. The minimum atomic E-state index is -0.822. The second kappa shape index (κ2) is 4.35. The molecule has 2 rings (SSSR count). The van der Waals surface area contributed by atoms with E-state index in [1.165, 1.54) is 5.57 Å². The van der Waals surface area contributed by atoms with Crippen LogP contribution in [0.2, 0.25) is 0 Å². The van der Waals surface area contributed by atoms with Crippen molar-refractivity contribution in [1.82, 2.24) is 0 Å². The van der Waals surface area contributed by atoms with Crippen molar-refractivity contribution < 1.29 is 9.90 Å². The number of aliphatic carboxylic acids is 1. The average Bonchev–Trinajstić information content (AvgIpc) is 2.29. The van der Waals surface area contributed by atoms with Gasteiger partial charge >= 0.3 is 5.97 Å². The quantitative estimate of drug-likeness (QED) is 0.821. The second-order valence-corrected chi connectivity index (χ2v) is 4.11. The lowest BCUT2D eigenvalue weighted by molar-refractivity contribution is -0.133. The third-order valence-electron chi connectivity index (χ3n) is 2.90. The van der Waals surface area contributed by atoms with Gasteiger partial charge in [-0.05, 0) is 18.9 Å². The highest BCUT2D eigenvalue weighted by Gasteiger charge is 2.24. The fraction of sp³-hybridized carbons (Fsp3) is 0.214. The van der Waals surface area contributed by atoms with Crippen LogP contribution in [0.1, 0.15) is 24.8 Å². The highest BCUT2D eigenvalue weighted by molar-refractivity contribution is 5.89. The van der Waals surface area contributed by atoms with E-state index in [0.29, 0.717) is 5.57 Å². The minimum absolute atomic E-state index is 0.0105. The molecule has 1 aromatic rings. The minimum Gasteiger partial charge on any atom is -0.478 e. The number of hydrogen-bond donors (Lipinski definition) is 1. The third-order valence-corrected chi connectivity index (χ3v) is 2.90. The van der Waals surface area contributed by atoms with Gasteiger partial charge in [0.25, 0.3) is 0 Å². The largest absolute Gasteiger partial charge is 0.478 e. The maximum atomic E-state index is 11.1. The summed E-state index contributed by atoms with van der Waals surface area (Å²) in [7, 11) is 0. The van der Waals surface area contributed by atoms with Gasteiger partial charge < -0.3 is 5.11 Å². The summed E-state index contributed by atoms with van der Waals surface area (Å²) in [5.41, 5.74) is 2.78. The molecule has 1 aliphatic carbocycles. The van der Waals surface area contributed by atoms with Gasteiger partial charge in [0, 0.05) is 11.5 Å². The molecule has 82 valence electrons. The van der Waals surface area contributed by atoms with Gasteiger partial charge in [-0.1, -0.05) is 48.1 Å². The molecule has 0 aliphatic heterocycles. The number of allylic oxidation sites excluding steroid dienone is 3. The number of rotatable bonds is 2. The molecule has 0 aromatic heterocycles. The van der Waals surface area contributed by atoms with Crippen molar-refractivity contribution >= 4 is 5.97 Å². The summed E-state index contributed by atoms with van der Waals surface area (Å²) in [4.78, 5) is 11.1. The fourth-order valence-electron chi connectivity index (χ4n) is 2.05. The third kappa shape index (κ3) is 2.06. The van der Waals surface area contributed by atoms with Crippen LogP contribution in [0.5, 0.6) is 0 Å². The van der Waals surface area contributed by atoms with E-state index in [9.17, 15) is 4.79 Å². The van der Waals surface area contributed by atoms with Crippen molar-refractivity contribution in [2.24, 2.45) is 0 Å². The summed E-state index contributed by atoms with van der Waals surface area (Å²) in [6, 6.07) is 9.81. The Morgan fingerprint density at radius 2 is 1.94 bits per heavy atom.